The molecule has 168 valence electrons. The van der Waals surface area contributed by atoms with Gasteiger partial charge >= 0.3 is 0 Å². The van der Waals surface area contributed by atoms with Gasteiger partial charge < -0.3 is 14.8 Å². The molecule has 0 unspecified atom stereocenters. The Balaban J connectivity index is 1.82. The van der Waals surface area contributed by atoms with Crippen LogP contribution in [0.5, 0.6) is 0 Å². The fraction of sp³-hybridized carbons (Fsp3) is 0.560. The summed E-state index contributed by atoms with van der Waals surface area (Å²) in [7, 11) is 0. The van der Waals surface area contributed by atoms with E-state index in [0.29, 0.717) is 30.0 Å². The van der Waals surface area contributed by atoms with Crippen molar-refractivity contribution in [3.63, 3.8) is 0 Å². The van der Waals surface area contributed by atoms with E-state index in [1.165, 1.54) is 0 Å². The third kappa shape index (κ3) is 5.17. The molecule has 1 aromatic heterocycles. The number of rotatable bonds is 7. The van der Waals surface area contributed by atoms with Crippen molar-refractivity contribution in [2.75, 3.05) is 13.1 Å². The van der Waals surface area contributed by atoms with Gasteiger partial charge in [0.2, 0.25) is 5.91 Å². The Hall–Kier alpha value is -2.63. The first-order valence-electron chi connectivity index (χ1n) is 11.4. The Kier molecular flexibility index (Phi) is 6.87. The van der Waals surface area contributed by atoms with Gasteiger partial charge in [0.15, 0.2) is 0 Å². The van der Waals surface area contributed by atoms with Crippen LogP contribution >= 0.6 is 0 Å². The summed E-state index contributed by atoms with van der Waals surface area (Å²) in [5.41, 5.74) is 1.29. The van der Waals surface area contributed by atoms with E-state index in [1.54, 1.807) is 15.7 Å². The fourth-order valence-corrected chi connectivity index (χ4v) is 5.21. The Morgan fingerprint density at radius 3 is 2.45 bits per heavy atom. The average molecular weight is 426 g/mol. The minimum absolute atomic E-state index is 0.00683. The van der Waals surface area contributed by atoms with Crippen molar-refractivity contribution in [2.45, 2.75) is 66.5 Å². The number of carbonyl (C=O) groups is 3. The lowest BCUT2D eigenvalue weighted by atomic mass is 9.70. The molecule has 0 spiro atoms. The molecule has 0 aliphatic heterocycles. The van der Waals surface area contributed by atoms with Crippen LogP contribution in [0.15, 0.2) is 30.5 Å². The predicted molar refractivity (Wildman–Crippen MR) is 123 cm³/mol. The number of Topliss-reactive ketones (excluding diaryl/α,β-unsaturated/α-hetero) is 1. The molecule has 2 aromatic rings. The first-order chi connectivity index (χ1) is 14.6. The maximum absolute atomic E-state index is 13.1. The summed E-state index contributed by atoms with van der Waals surface area (Å²) in [6.45, 7) is 11.9. The second-order valence-electron chi connectivity index (χ2n) is 9.67. The molecule has 1 aromatic carbocycles. The topological polar surface area (TPSA) is 71.4 Å². The van der Waals surface area contributed by atoms with E-state index in [4.69, 9.17) is 0 Å². The minimum Gasteiger partial charge on any atom is -0.346 e. The fourth-order valence-electron chi connectivity index (χ4n) is 5.21. The van der Waals surface area contributed by atoms with Gasteiger partial charge in [-0.3, -0.25) is 14.4 Å². The number of nitrogens with zero attached hydrogens (tertiary/aromatic N) is 2. The van der Waals surface area contributed by atoms with Crippen molar-refractivity contribution in [2.24, 2.45) is 11.3 Å². The Labute approximate surface area is 185 Å². The summed E-state index contributed by atoms with van der Waals surface area (Å²) >= 11 is 0. The van der Waals surface area contributed by atoms with Gasteiger partial charge in [-0.05, 0) is 50.5 Å². The van der Waals surface area contributed by atoms with E-state index in [1.807, 2.05) is 38.1 Å². The van der Waals surface area contributed by atoms with E-state index in [9.17, 15) is 14.4 Å². The number of benzene rings is 1. The standard InChI is InChI=1S/C25H35N3O3/c1-6-27(7-2)22(29)16-28-15-20(19-10-8-9-11-21(19)28)23(30)24(31)26-18-12-17(3)13-25(4,5)14-18/h8-11,15,17-18H,6-7,12-14,16H2,1-5H3,(H,26,31)/t17-,18-/m0/s1. The van der Waals surface area contributed by atoms with Gasteiger partial charge in [-0.25, -0.2) is 0 Å². The summed E-state index contributed by atoms with van der Waals surface area (Å²) in [4.78, 5) is 40.3. The molecule has 6 heteroatoms. The summed E-state index contributed by atoms with van der Waals surface area (Å²) in [6, 6.07) is 7.44. The van der Waals surface area contributed by atoms with Crippen molar-refractivity contribution < 1.29 is 14.4 Å². The van der Waals surface area contributed by atoms with Crippen LogP contribution in [-0.2, 0) is 16.1 Å². The van der Waals surface area contributed by atoms with Crippen molar-refractivity contribution in [3.8, 4) is 0 Å². The first-order valence-corrected chi connectivity index (χ1v) is 11.4. The number of hydrogen-bond acceptors (Lipinski definition) is 3. The van der Waals surface area contributed by atoms with Crippen LogP contribution in [0.25, 0.3) is 10.9 Å². The van der Waals surface area contributed by atoms with E-state index in [-0.39, 0.29) is 23.9 Å². The molecule has 6 nitrogen and oxygen atoms in total. The molecule has 0 bridgehead atoms. The lowest BCUT2D eigenvalue weighted by Gasteiger charge is -2.39. The van der Waals surface area contributed by atoms with E-state index in [2.05, 4.69) is 26.1 Å². The highest BCUT2D eigenvalue weighted by molar-refractivity contribution is 6.45. The molecule has 1 heterocycles. The molecule has 1 aliphatic rings. The number of amides is 2. The Bertz CT molecular complexity index is 972. The molecule has 1 aliphatic carbocycles. The lowest BCUT2D eigenvalue weighted by molar-refractivity contribution is -0.131. The molecule has 0 saturated heterocycles. The Morgan fingerprint density at radius 1 is 1.13 bits per heavy atom. The number of nitrogens with one attached hydrogen (secondary N) is 1. The van der Waals surface area contributed by atoms with Gasteiger partial charge in [-0.2, -0.15) is 0 Å². The van der Waals surface area contributed by atoms with Crippen molar-refractivity contribution in [1.29, 1.82) is 0 Å². The number of aromatic nitrogens is 1. The van der Waals surface area contributed by atoms with Crippen LogP contribution in [0.4, 0.5) is 0 Å². The molecule has 1 saturated carbocycles. The predicted octanol–water partition coefficient (Wildman–Crippen LogP) is 4.02. The summed E-state index contributed by atoms with van der Waals surface area (Å²) in [5.74, 6) is -0.598. The number of fused-ring (bicyclic) bond motifs is 1. The number of ketones is 1. The van der Waals surface area contributed by atoms with Crippen LogP contribution in [-0.4, -0.2) is 46.2 Å². The maximum atomic E-state index is 13.1. The zero-order valence-corrected chi connectivity index (χ0v) is 19.4. The van der Waals surface area contributed by atoms with E-state index < -0.39 is 11.7 Å². The van der Waals surface area contributed by atoms with Crippen LogP contribution < -0.4 is 5.32 Å². The number of para-hydroxylation sites is 1. The number of likely N-dealkylation sites (N-methyl/N-ethyl adjacent to an activating group) is 1. The first kappa shape index (κ1) is 23.0. The van der Waals surface area contributed by atoms with Crippen LogP contribution in [0, 0.1) is 11.3 Å². The highest BCUT2D eigenvalue weighted by Gasteiger charge is 2.34. The highest BCUT2D eigenvalue weighted by atomic mass is 16.2. The molecule has 1 fully saturated rings. The van der Waals surface area contributed by atoms with Crippen molar-refractivity contribution in [1.82, 2.24) is 14.8 Å². The van der Waals surface area contributed by atoms with Crippen LogP contribution in [0.3, 0.4) is 0 Å². The van der Waals surface area contributed by atoms with Crippen LogP contribution in [0.2, 0.25) is 0 Å². The second kappa shape index (κ2) is 9.25. The van der Waals surface area contributed by atoms with Gasteiger partial charge in [-0.15, -0.1) is 0 Å². The average Bonchev–Trinajstić information content (AvgIpc) is 3.05. The highest BCUT2D eigenvalue weighted by Crippen LogP contribution is 2.38. The number of carbonyl (C=O) groups excluding carboxylic acids is 3. The Morgan fingerprint density at radius 2 is 1.81 bits per heavy atom. The molecule has 2 atom stereocenters. The molecule has 31 heavy (non-hydrogen) atoms. The second-order valence-corrected chi connectivity index (χ2v) is 9.67. The van der Waals surface area contributed by atoms with Crippen molar-refractivity contribution >= 4 is 28.5 Å². The summed E-state index contributed by atoms with van der Waals surface area (Å²) in [6.07, 6.45) is 4.54. The third-order valence-electron chi connectivity index (χ3n) is 6.38. The molecule has 2 amide bonds. The van der Waals surface area contributed by atoms with Gasteiger partial charge in [0.05, 0.1) is 5.56 Å². The molecular formula is C25H35N3O3. The van der Waals surface area contributed by atoms with Gasteiger partial charge in [-0.1, -0.05) is 39.0 Å². The zero-order chi connectivity index (χ0) is 22.8. The monoisotopic (exact) mass is 425 g/mol. The molecule has 1 N–H and O–H groups in total. The third-order valence-corrected chi connectivity index (χ3v) is 6.38. The van der Waals surface area contributed by atoms with Crippen molar-refractivity contribution in [3.05, 3.63) is 36.0 Å². The van der Waals surface area contributed by atoms with E-state index >= 15 is 0 Å². The minimum atomic E-state index is -0.562. The normalized spacial score (nSPS) is 20.4. The zero-order valence-electron chi connectivity index (χ0n) is 19.4. The number of hydrogen-bond donors (Lipinski definition) is 1. The SMILES string of the molecule is CCN(CC)C(=O)Cn1cc(C(=O)C(=O)N[C@H]2C[C@H](C)CC(C)(C)C2)c2ccccc21. The quantitative estimate of drug-likeness (QED) is 0.538. The van der Waals surface area contributed by atoms with Crippen LogP contribution in [0.1, 0.15) is 64.2 Å². The van der Waals surface area contributed by atoms with Gasteiger partial charge in [0, 0.05) is 36.2 Å². The summed E-state index contributed by atoms with van der Waals surface area (Å²) < 4.78 is 1.78. The summed E-state index contributed by atoms with van der Waals surface area (Å²) in [5, 5.41) is 3.68. The maximum Gasteiger partial charge on any atom is 0.292 e. The molecule has 0 radical (unpaired) electrons. The van der Waals surface area contributed by atoms with E-state index in [0.717, 1.165) is 24.8 Å². The lowest BCUT2D eigenvalue weighted by Crippen LogP contribution is -2.45. The molecule has 3 rings (SSSR count). The largest absolute Gasteiger partial charge is 0.346 e. The smallest absolute Gasteiger partial charge is 0.292 e. The van der Waals surface area contributed by atoms with Gasteiger partial charge in [0.1, 0.15) is 6.54 Å². The molecular weight excluding hydrogens is 390 g/mol. The van der Waals surface area contributed by atoms with Gasteiger partial charge in [0.25, 0.3) is 11.7 Å².